The predicted octanol–water partition coefficient (Wildman–Crippen LogP) is 6.64. The van der Waals surface area contributed by atoms with Gasteiger partial charge in [0.2, 0.25) is 11.8 Å². The number of para-hydroxylation sites is 2. The number of carbonyl (C=O) groups excluding carboxylic acids is 3. The van der Waals surface area contributed by atoms with E-state index in [-0.39, 0.29) is 34.9 Å². The van der Waals surface area contributed by atoms with Crippen LogP contribution in [0.15, 0.2) is 108 Å². The molecule has 0 aliphatic rings. The first-order chi connectivity index (χ1) is 21.2. The number of sulfonamides is 1. The zero-order chi connectivity index (χ0) is 31.4. The summed E-state index contributed by atoms with van der Waals surface area (Å²) in [6, 6.07) is 29.7. The maximum Gasteiger partial charge on any atom is 0.266 e. The van der Waals surface area contributed by atoms with Crippen LogP contribution < -0.4 is 20.7 Å². The predicted molar refractivity (Wildman–Crippen MR) is 173 cm³/mol. The standard InChI is InChI=1S/C34H36N4O5S/c1-2-3-6-19-33(40)38-44(42,43)31-18-12-11-17-29(31)37-34(41)26-21-22-28(35-27-15-9-5-10-16-27)30(24-26)36-32(39)23-20-25-13-7-4-8-14-25/h4-5,7-18,21-22,24,35H,2-3,6,19-20,23H2,1H3,(H,36,39)(H,37,41)(H,38,40). The molecule has 0 aliphatic carbocycles. The van der Waals surface area contributed by atoms with Gasteiger partial charge in [0.25, 0.3) is 15.9 Å². The molecule has 0 spiro atoms. The molecule has 0 saturated heterocycles. The number of anilines is 4. The van der Waals surface area contributed by atoms with Crippen molar-refractivity contribution in [1.82, 2.24) is 4.72 Å². The third kappa shape index (κ3) is 9.27. The van der Waals surface area contributed by atoms with E-state index < -0.39 is 21.8 Å². The monoisotopic (exact) mass is 612 g/mol. The summed E-state index contributed by atoms with van der Waals surface area (Å²) >= 11 is 0. The van der Waals surface area contributed by atoms with Crippen LogP contribution in [0.5, 0.6) is 0 Å². The molecule has 0 bridgehead atoms. The van der Waals surface area contributed by atoms with E-state index in [1.165, 1.54) is 24.3 Å². The zero-order valence-corrected chi connectivity index (χ0v) is 25.3. The molecule has 228 valence electrons. The summed E-state index contributed by atoms with van der Waals surface area (Å²) in [5.41, 5.74) is 3.00. The number of hydrogen-bond acceptors (Lipinski definition) is 6. The largest absolute Gasteiger partial charge is 0.354 e. The molecule has 3 amide bonds. The SMILES string of the molecule is CCCCCC(=O)NS(=O)(=O)c1ccccc1NC(=O)c1ccc(Nc2ccccc2)c(NC(=O)CCc2ccccc2)c1. The third-order valence-corrected chi connectivity index (χ3v) is 8.20. The third-order valence-electron chi connectivity index (χ3n) is 6.77. The van der Waals surface area contributed by atoms with Crippen LogP contribution in [0.4, 0.5) is 22.7 Å². The highest BCUT2D eigenvalue weighted by molar-refractivity contribution is 7.90. The second kappa shape index (κ2) is 15.5. The van der Waals surface area contributed by atoms with Crippen LogP contribution in [-0.2, 0) is 26.0 Å². The molecule has 0 saturated carbocycles. The number of amides is 3. The quantitative estimate of drug-likeness (QED) is 0.118. The van der Waals surface area contributed by atoms with E-state index in [2.05, 4.69) is 20.7 Å². The average Bonchev–Trinajstić information content (AvgIpc) is 3.02. The number of benzene rings is 4. The van der Waals surface area contributed by atoms with E-state index in [1.54, 1.807) is 18.2 Å². The molecule has 9 nitrogen and oxygen atoms in total. The van der Waals surface area contributed by atoms with E-state index in [0.717, 1.165) is 24.1 Å². The second-order valence-electron chi connectivity index (χ2n) is 10.2. The van der Waals surface area contributed by atoms with Gasteiger partial charge >= 0.3 is 0 Å². The fourth-order valence-corrected chi connectivity index (χ4v) is 5.66. The maximum absolute atomic E-state index is 13.4. The highest BCUT2D eigenvalue weighted by Gasteiger charge is 2.22. The Labute approximate surface area is 258 Å². The van der Waals surface area contributed by atoms with Gasteiger partial charge in [-0.25, -0.2) is 13.1 Å². The lowest BCUT2D eigenvalue weighted by atomic mass is 10.1. The summed E-state index contributed by atoms with van der Waals surface area (Å²) in [5.74, 6) is -1.42. The molecule has 4 aromatic rings. The molecule has 0 radical (unpaired) electrons. The van der Waals surface area contributed by atoms with E-state index >= 15 is 0 Å². The van der Waals surface area contributed by atoms with E-state index in [9.17, 15) is 22.8 Å². The number of unbranched alkanes of at least 4 members (excludes halogenated alkanes) is 2. The Morgan fingerprint density at radius 3 is 2.07 bits per heavy atom. The molecular weight excluding hydrogens is 576 g/mol. The minimum Gasteiger partial charge on any atom is -0.354 e. The first-order valence-corrected chi connectivity index (χ1v) is 16.0. The van der Waals surface area contributed by atoms with Gasteiger partial charge in [0.1, 0.15) is 4.90 Å². The molecule has 4 N–H and O–H groups in total. The molecule has 44 heavy (non-hydrogen) atoms. The first-order valence-electron chi connectivity index (χ1n) is 14.5. The molecule has 0 unspecified atom stereocenters. The lowest BCUT2D eigenvalue weighted by Crippen LogP contribution is -2.31. The Hall–Kier alpha value is -4.96. The smallest absolute Gasteiger partial charge is 0.266 e. The van der Waals surface area contributed by atoms with Crippen LogP contribution in [0, 0.1) is 0 Å². The summed E-state index contributed by atoms with van der Waals surface area (Å²) in [5, 5.41) is 8.83. The van der Waals surface area contributed by atoms with Crippen molar-refractivity contribution in [3.05, 3.63) is 114 Å². The second-order valence-corrected chi connectivity index (χ2v) is 11.9. The lowest BCUT2D eigenvalue weighted by molar-refractivity contribution is -0.119. The zero-order valence-electron chi connectivity index (χ0n) is 24.5. The minimum absolute atomic E-state index is 0.0197. The van der Waals surface area contributed by atoms with Crippen LogP contribution in [-0.4, -0.2) is 26.1 Å². The Bertz CT molecular complexity index is 1690. The molecule has 10 heteroatoms. The number of hydrogen-bond donors (Lipinski definition) is 4. The summed E-state index contributed by atoms with van der Waals surface area (Å²) < 4.78 is 28.2. The molecule has 0 heterocycles. The van der Waals surface area contributed by atoms with Gasteiger partial charge in [0.05, 0.1) is 17.1 Å². The molecule has 4 rings (SSSR count). The van der Waals surface area contributed by atoms with Gasteiger partial charge in [-0.3, -0.25) is 14.4 Å². The summed E-state index contributed by atoms with van der Waals surface area (Å²) in [4.78, 5) is 38.4. The van der Waals surface area contributed by atoms with E-state index in [4.69, 9.17) is 0 Å². The van der Waals surface area contributed by atoms with Crippen LogP contribution in [0.2, 0.25) is 0 Å². The molecule has 4 aromatic carbocycles. The highest BCUT2D eigenvalue weighted by Crippen LogP contribution is 2.28. The molecule has 0 atom stereocenters. The van der Waals surface area contributed by atoms with Crippen molar-refractivity contribution in [2.75, 3.05) is 16.0 Å². The van der Waals surface area contributed by atoms with E-state index in [1.807, 2.05) is 67.6 Å². The van der Waals surface area contributed by atoms with Gasteiger partial charge in [0.15, 0.2) is 0 Å². The van der Waals surface area contributed by atoms with Gasteiger partial charge in [-0.2, -0.15) is 0 Å². The number of carbonyl (C=O) groups is 3. The van der Waals surface area contributed by atoms with Gasteiger partial charge in [0, 0.05) is 24.1 Å². The van der Waals surface area contributed by atoms with Gasteiger partial charge in [-0.15, -0.1) is 0 Å². The molecular formula is C34H36N4O5S. The highest BCUT2D eigenvalue weighted by atomic mass is 32.2. The van der Waals surface area contributed by atoms with Crippen molar-refractivity contribution in [3.8, 4) is 0 Å². The number of nitrogens with one attached hydrogen (secondary N) is 4. The fourth-order valence-electron chi connectivity index (χ4n) is 4.48. The topological polar surface area (TPSA) is 133 Å². The van der Waals surface area contributed by atoms with Crippen LogP contribution in [0.3, 0.4) is 0 Å². The van der Waals surface area contributed by atoms with Crippen molar-refractivity contribution in [2.24, 2.45) is 0 Å². The Kier molecular flexibility index (Phi) is 11.3. The first kappa shape index (κ1) is 32.0. The van der Waals surface area contributed by atoms with Crippen LogP contribution in [0.25, 0.3) is 0 Å². The lowest BCUT2D eigenvalue weighted by Gasteiger charge is -2.16. The average molecular weight is 613 g/mol. The normalized spacial score (nSPS) is 10.9. The van der Waals surface area contributed by atoms with Crippen molar-refractivity contribution >= 4 is 50.5 Å². The Morgan fingerprint density at radius 1 is 0.659 bits per heavy atom. The fraction of sp³-hybridized carbons (Fsp3) is 0.206. The summed E-state index contributed by atoms with van der Waals surface area (Å²) in [6.07, 6.45) is 3.17. The van der Waals surface area contributed by atoms with Crippen molar-refractivity contribution in [2.45, 2.75) is 50.3 Å². The number of aryl methyl sites for hydroxylation is 1. The van der Waals surface area contributed by atoms with E-state index in [0.29, 0.717) is 24.2 Å². The van der Waals surface area contributed by atoms with Gasteiger partial charge < -0.3 is 16.0 Å². The van der Waals surface area contributed by atoms with Crippen LogP contribution >= 0.6 is 0 Å². The number of rotatable bonds is 14. The van der Waals surface area contributed by atoms with Crippen molar-refractivity contribution in [1.29, 1.82) is 0 Å². The molecule has 0 aliphatic heterocycles. The summed E-state index contributed by atoms with van der Waals surface area (Å²) in [6.45, 7) is 1.99. The summed E-state index contributed by atoms with van der Waals surface area (Å²) in [7, 11) is -4.23. The van der Waals surface area contributed by atoms with Crippen molar-refractivity contribution < 1.29 is 22.8 Å². The molecule has 0 aromatic heterocycles. The molecule has 0 fully saturated rings. The minimum atomic E-state index is -4.23. The Balaban J connectivity index is 1.54. The van der Waals surface area contributed by atoms with Crippen LogP contribution in [0.1, 0.15) is 54.9 Å². The van der Waals surface area contributed by atoms with Crippen molar-refractivity contribution in [3.63, 3.8) is 0 Å². The maximum atomic E-state index is 13.4. The van der Waals surface area contributed by atoms with Gasteiger partial charge in [-0.1, -0.05) is 80.4 Å². The van der Waals surface area contributed by atoms with Gasteiger partial charge in [-0.05, 0) is 60.9 Å². The Morgan fingerprint density at radius 2 is 1.34 bits per heavy atom.